The van der Waals surface area contributed by atoms with Crippen molar-refractivity contribution in [3.05, 3.63) is 17.2 Å². The predicted molar refractivity (Wildman–Crippen MR) is 97.3 cm³/mol. The van der Waals surface area contributed by atoms with Crippen LogP contribution in [0.3, 0.4) is 0 Å². The maximum Gasteiger partial charge on any atom is 0.290 e. The molecule has 2 aromatic rings. The Morgan fingerprint density at radius 2 is 2.18 bits per heavy atom. The van der Waals surface area contributed by atoms with Gasteiger partial charge in [0.25, 0.3) is 6.47 Å². The van der Waals surface area contributed by atoms with Crippen LogP contribution in [0.15, 0.2) is 6.33 Å². The summed E-state index contributed by atoms with van der Waals surface area (Å²) < 4.78 is 6.77. The van der Waals surface area contributed by atoms with Crippen molar-refractivity contribution in [1.82, 2.24) is 29.9 Å². The molecule has 0 aliphatic carbocycles. The first kappa shape index (κ1) is 21.4. The number of ether oxygens (including phenoxy) is 1. The molecule has 0 aromatic carbocycles. The molecule has 152 valence electrons. The highest BCUT2D eigenvalue weighted by molar-refractivity contribution is 7.15. The molecular weight excluding hydrogens is 390 g/mol. The Morgan fingerprint density at radius 3 is 2.79 bits per heavy atom. The summed E-state index contributed by atoms with van der Waals surface area (Å²) in [4.78, 5) is 36.4. The second kappa shape index (κ2) is 9.85. The molecule has 1 aliphatic rings. The SMILES string of the molecule is COCc1nnc(N2CC(C(=O)N(C)Cc3nncn3C)CC2=O)s1.O=CO. The van der Waals surface area contributed by atoms with Gasteiger partial charge in [-0.15, -0.1) is 20.4 Å². The Bertz CT molecular complexity index is 823. The molecule has 1 atom stereocenters. The van der Waals surface area contributed by atoms with Gasteiger partial charge >= 0.3 is 0 Å². The second-order valence-electron chi connectivity index (χ2n) is 5.97. The van der Waals surface area contributed by atoms with Gasteiger partial charge in [-0.1, -0.05) is 11.3 Å². The van der Waals surface area contributed by atoms with Crippen molar-refractivity contribution < 1.29 is 24.2 Å². The Hall–Kier alpha value is -2.93. The molecule has 12 nitrogen and oxygen atoms in total. The summed E-state index contributed by atoms with van der Waals surface area (Å²) in [6, 6.07) is 0. The van der Waals surface area contributed by atoms with E-state index in [1.165, 1.54) is 16.2 Å². The van der Waals surface area contributed by atoms with E-state index in [1.807, 2.05) is 7.05 Å². The number of rotatable bonds is 6. The zero-order chi connectivity index (χ0) is 20.7. The van der Waals surface area contributed by atoms with Crippen LogP contribution in [0.4, 0.5) is 5.13 Å². The Morgan fingerprint density at radius 1 is 1.46 bits per heavy atom. The highest BCUT2D eigenvalue weighted by Gasteiger charge is 2.38. The number of carbonyl (C=O) groups excluding carboxylic acids is 2. The summed E-state index contributed by atoms with van der Waals surface area (Å²) in [6.45, 7) is 0.752. The standard InChI is InChI=1S/C14H19N7O3S.CH2O2/c1-19(6-10-16-15-8-20(10)2)13(23)9-4-12(22)21(5-9)14-18-17-11(25-14)7-24-3;2-1-3/h8-9H,4-7H2,1-3H3;1H,(H,2,3). The van der Waals surface area contributed by atoms with Crippen molar-refractivity contribution in [2.45, 2.75) is 19.6 Å². The third kappa shape index (κ3) is 5.07. The lowest BCUT2D eigenvalue weighted by Crippen LogP contribution is -2.35. The minimum Gasteiger partial charge on any atom is -0.483 e. The average molecular weight is 411 g/mol. The molecule has 3 rings (SSSR count). The summed E-state index contributed by atoms with van der Waals surface area (Å²) in [5.74, 6) is 0.0665. The van der Waals surface area contributed by atoms with E-state index in [1.54, 1.807) is 30.0 Å². The maximum absolute atomic E-state index is 12.6. The summed E-state index contributed by atoms with van der Waals surface area (Å²) >= 11 is 1.30. The van der Waals surface area contributed by atoms with Crippen LogP contribution in [0.25, 0.3) is 0 Å². The minimum absolute atomic E-state index is 0.0968. The largest absolute Gasteiger partial charge is 0.483 e. The molecule has 1 N–H and O–H groups in total. The fourth-order valence-electron chi connectivity index (χ4n) is 2.65. The van der Waals surface area contributed by atoms with Crippen LogP contribution in [0.2, 0.25) is 0 Å². The predicted octanol–water partition coefficient (Wildman–Crippen LogP) is -0.475. The van der Waals surface area contributed by atoms with E-state index in [2.05, 4.69) is 20.4 Å². The fraction of sp³-hybridized carbons (Fsp3) is 0.533. The van der Waals surface area contributed by atoms with Gasteiger partial charge in [0.1, 0.15) is 17.9 Å². The number of aryl methyl sites for hydroxylation is 1. The van der Waals surface area contributed by atoms with Crippen LogP contribution in [0.1, 0.15) is 17.3 Å². The number of amides is 2. The van der Waals surface area contributed by atoms with Crippen molar-refractivity contribution >= 4 is 34.8 Å². The van der Waals surface area contributed by atoms with E-state index < -0.39 is 5.92 Å². The molecule has 1 aliphatic heterocycles. The zero-order valence-corrected chi connectivity index (χ0v) is 16.5. The molecule has 0 radical (unpaired) electrons. The van der Waals surface area contributed by atoms with Crippen molar-refractivity contribution in [3.63, 3.8) is 0 Å². The molecule has 0 saturated carbocycles. The first-order valence-electron chi connectivity index (χ1n) is 8.18. The Labute approximate surface area is 164 Å². The van der Waals surface area contributed by atoms with E-state index in [-0.39, 0.29) is 24.7 Å². The normalized spacial score (nSPS) is 15.9. The molecule has 1 saturated heterocycles. The van der Waals surface area contributed by atoms with Gasteiger partial charge < -0.3 is 19.3 Å². The third-order valence-electron chi connectivity index (χ3n) is 3.99. The highest BCUT2D eigenvalue weighted by atomic mass is 32.1. The lowest BCUT2D eigenvalue weighted by atomic mass is 10.1. The molecular formula is C15H21N7O5S. The van der Waals surface area contributed by atoms with Gasteiger partial charge in [-0.2, -0.15) is 0 Å². The van der Waals surface area contributed by atoms with Crippen LogP contribution >= 0.6 is 11.3 Å². The van der Waals surface area contributed by atoms with Gasteiger partial charge in [-0.25, -0.2) is 0 Å². The molecule has 1 fully saturated rings. The fourth-order valence-corrected chi connectivity index (χ4v) is 3.48. The number of anilines is 1. The zero-order valence-electron chi connectivity index (χ0n) is 15.7. The first-order valence-corrected chi connectivity index (χ1v) is 9.00. The quantitative estimate of drug-likeness (QED) is 0.623. The third-order valence-corrected chi connectivity index (χ3v) is 4.91. The molecule has 13 heteroatoms. The number of carboxylic acid groups (broad SMARTS) is 1. The molecule has 3 heterocycles. The number of carbonyl (C=O) groups is 3. The van der Waals surface area contributed by atoms with Gasteiger partial charge in [-0.05, 0) is 0 Å². The smallest absolute Gasteiger partial charge is 0.290 e. The number of hydrogen-bond acceptors (Lipinski definition) is 9. The van der Waals surface area contributed by atoms with Crippen molar-refractivity contribution in [2.75, 3.05) is 25.6 Å². The lowest BCUT2D eigenvalue weighted by molar-refractivity contribution is -0.135. The van der Waals surface area contributed by atoms with E-state index in [0.717, 1.165) is 0 Å². The lowest BCUT2D eigenvalue weighted by Gasteiger charge is -2.20. The molecule has 28 heavy (non-hydrogen) atoms. The first-order chi connectivity index (χ1) is 13.4. The molecule has 0 bridgehead atoms. The van der Waals surface area contributed by atoms with E-state index in [4.69, 9.17) is 14.6 Å². The second-order valence-corrected chi connectivity index (χ2v) is 7.02. The maximum atomic E-state index is 12.6. The van der Waals surface area contributed by atoms with Crippen molar-refractivity contribution in [1.29, 1.82) is 0 Å². The topological polar surface area (TPSA) is 144 Å². The minimum atomic E-state index is -0.402. The van der Waals surface area contributed by atoms with E-state index in [9.17, 15) is 9.59 Å². The van der Waals surface area contributed by atoms with Gasteiger partial charge in [0, 0.05) is 34.2 Å². The van der Waals surface area contributed by atoms with Crippen LogP contribution in [0, 0.1) is 5.92 Å². The average Bonchev–Trinajstić information content (AvgIpc) is 3.36. The summed E-state index contributed by atoms with van der Waals surface area (Å²) in [5, 5.41) is 23.9. The van der Waals surface area contributed by atoms with Crippen LogP contribution in [-0.2, 0) is 39.3 Å². The molecule has 0 spiro atoms. The number of methoxy groups -OCH3 is 1. The molecule has 1 unspecified atom stereocenters. The number of nitrogens with zero attached hydrogens (tertiary/aromatic N) is 7. The summed E-state index contributed by atoms with van der Waals surface area (Å²) in [6.07, 6.45) is 1.75. The van der Waals surface area contributed by atoms with Crippen molar-refractivity contribution in [3.8, 4) is 0 Å². The van der Waals surface area contributed by atoms with Gasteiger partial charge in [-0.3, -0.25) is 19.3 Å². The van der Waals surface area contributed by atoms with Crippen LogP contribution < -0.4 is 4.90 Å². The molecule has 2 aromatic heterocycles. The van der Waals surface area contributed by atoms with Gasteiger partial charge in [0.15, 0.2) is 5.82 Å². The van der Waals surface area contributed by atoms with E-state index >= 15 is 0 Å². The van der Waals surface area contributed by atoms with Crippen LogP contribution in [-0.4, -0.2) is 74.0 Å². The van der Waals surface area contributed by atoms with Crippen LogP contribution in [0.5, 0.6) is 0 Å². The number of aromatic nitrogens is 5. The van der Waals surface area contributed by atoms with Crippen molar-refractivity contribution in [2.24, 2.45) is 13.0 Å². The monoisotopic (exact) mass is 411 g/mol. The summed E-state index contributed by atoms with van der Waals surface area (Å²) in [7, 11) is 5.09. The highest BCUT2D eigenvalue weighted by Crippen LogP contribution is 2.29. The Kier molecular flexibility index (Phi) is 7.52. The Balaban J connectivity index is 0.000000878. The summed E-state index contributed by atoms with van der Waals surface area (Å²) in [5.41, 5.74) is 0. The number of hydrogen-bond donors (Lipinski definition) is 1. The van der Waals surface area contributed by atoms with Gasteiger partial charge in [0.2, 0.25) is 16.9 Å². The molecule has 2 amide bonds. The van der Waals surface area contributed by atoms with E-state index in [0.29, 0.717) is 35.7 Å². The van der Waals surface area contributed by atoms with Gasteiger partial charge in [0.05, 0.1) is 12.5 Å².